The number of nitrogens with zero attached hydrogens (tertiary/aromatic N) is 2. The zero-order chi connectivity index (χ0) is 22.2. The topological polar surface area (TPSA) is 80.6 Å². The summed E-state index contributed by atoms with van der Waals surface area (Å²) in [6.07, 6.45) is 3.08. The smallest absolute Gasteiger partial charge is 0.418 e. The molecule has 0 aliphatic carbocycles. The van der Waals surface area contributed by atoms with E-state index in [1.54, 1.807) is 11.1 Å². The molecule has 0 spiro atoms. The summed E-state index contributed by atoms with van der Waals surface area (Å²) in [7, 11) is 0. The zero-order valence-electron chi connectivity index (χ0n) is 17.3. The van der Waals surface area contributed by atoms with Gasteiger partial charge in [0.2, 0.25) is 11.8 Å². The van der Waals surface area contributed by atoms with Crippen LogP contribution >= 0.6 is 15.9 Å². The van der Waals surface area contributed by atoms with Gasteiger partial charge in [0.15, 0.2) is 0 Å². The highest BCUT2D eigenvalue weighted by atomic mass is 79.9. The zero-order valence-corrected chi connectivity index (χ0v) is 18.9. The number of benzene rings is 2. The Labute approximate surface area is 193 Å². The molecule has 1 aromatic heterocycles. The van der Waals surface area contributed by atoms with Gasteiger partial charge in [0.25, 0.3) is 0 Å². The molecule has 1 N–H and O–H groups in total. The Morgan fingerprint density at radius 3 is 2.78 bits per heavy atom. The lowest BCUT2D eigenvalue weighted by Crippen LogP contribution is -2.61. The van der Waals surface area contributed by atoms with E-state index in [0.717, 1.165) is 27.4 Å². The highest BCUT2D eigenvalue weighted by molar-refractivity contribution is 9.10. The van der Waals surface area contributed by atoms with Gasteiger partial charge in [-0.3, -0.25) is 14.2 Å². The van der Waals surface area contributed by atoms with Crippen LogP contribution in [0.2, 0.25) is 0 Å². The number of hydrogen-bond donors (Lipinski definition) is 1. The molecule has 2 fully saturated rings. The third kappa shape index (κ3) is 3.79. The number of aromatic nitrogens is 1. The first-order valence-electron chi connectivity index (χ1n) is 10.6. The van der Waals surface area contributed by atoms with E-state index < -0.39 is 12.1 Å². The maximum absolute atomic E-state index is 13.0. The fraction of sp³-hybridized carbons (Fsp3) is 0.292. The fourth-order valence-electron chi connectivity index (χ4n) is 4.56. The number of fused-ring (bicyclic) bond motifs is 2. The lowest BCUT2D eigenvalue weighted by molar-refractivity contribution is -0.146. The van der Waals surface area contributed by atoms with E-state index in [4.69, 9.17) is 4.74 Å². The Bertz CT molecular complexity index is 1210. The molecular weight excluding hydrogens is 474 g/mol. The molecule has 8 heteroatoms. The van der Waals surface area contributed by atoms with Crippen LogP contribution in [0.5, 0.6) is 0 Å². The van der Waals surface area contributed by atoms with E-state index in [-0.39, 0.29) is 24.5 Å². The minimum absolute atomic E-state index is 0.0586. The van der Waals surface area contributed by atoms with Crippen LogP contribution in [0.1, 0.15) is 24.0 Å². The Kier molecular flexibility index (Phi) is 5.46. The van der Waals surface area contributed by atoms with E-state index in [2.05, 4.69) is 21.2 Å². The van der Waals surface area contributed by atoms with Crippen LogP contribution in [0.15, 0.2) is 59.2 Å². The summed E-state index contributed by atoms with van der Waals surface area (Å²) in [5.41, 5.74) is 2.39. The van der Waals surface area contributed by atoms with Gasteiger partial charge in [0, 0.05) is 29.0 Å². The van der Waals surface area contributed by atoms with Gasteiger partial charge < -0.3 is 15.0 Å². The Morgan fingerprint density at radius 1 is 1.16 bits per heavy atom. The van der Waals surface area contributed by atoms with Crippen molar-refractivity contribution >= 4 is 44.7 Å². The Morgan fingerprint density at radius 2 is 1.97 bits per heavy atom. The second-order valence-corrected chi connectivity index (χ2v) is 9.10. The predicted octanol–water partition coefficient (Wildman–Crippen LogP) is 3.62. The number of nitrogens with one attached hydrogen (secondary N) is 1. The van der Waals surface area contributed by atoms with E-state index in [9.17, 15) is 14.4 Å². The van der Waals surface area contributed by atoms with Crippen molar-refractivity contribution in [2.24, 2.45) is 0 Å². The van der Waals surface area contributed by atoms with Gasteiger partial charge in [0.1, 0.15) is 18.7 Å². The van der Waals surface area contributed by atoms with Gasteiger partial charge in [-0.05, 0) is 36.1 Å². The van der Waals surface area contributed by atoms with Crippen molar-refractivity contribution in [3.63, 3.8) is 0 Å². The van der Waals surface area contributed by atoms with Crippen molar-refractivity contribution < 1.29 is 19.1 Å². The van der Waals surface area contributed by atoms with Gasteiger partial charge in [-0.2, -0.15) is 0 Å². The molecule has 0 unspecified atom stereocenters. The summed E-state index contributed by atoms with van der Waals surface area (Å²) in [4.78, 5) is 40.0. The molecule has 3 heterocycles. The molecule has 7 nitrogen and oxygen atoms in total. The number of rotatable bonds is 4. The summed E-state index contributed by atoms with van der Waals surface area (Å²) in [5.74, 6) is -0.155. The summed E-state index contributed by atoms with van der Waals surface area (Å²) < 4.78 is 7.82. The average molecular weight is 496 g/mol. The van der Waals surface area contributed by atoms with Crippen molar-refractivity contribution in [2.45, 2.75) is 38.0 Å². The summed E-state index contributed by atoms with van der Waals surface area (Å²) >= 11 is 3.46. The lowest BCUT2D eigenvalue weighted by Gasteiger charge is -2.34. The highest BCUT2D eigenvalue weighted by Gasteiger charge is 2.43. The first-order valence-corrected chi connectivity index (χ1v) is 11.4. The molecule has 2 saturated heterocycles. The SMILES string of the molecule is O=C1N[C@@H](Cc2cn(C(=O)OCc3ccccc3)c3cc(Br)ccc23)C(=O)N2CCC[C@@H]12. The van der Waals surface area contributed by atoms with Gasteiger partial charge in [-0.1, -0.05) is 52.3 Å². The third-order valence-electron chi connectivity index (χ3n) is 6.13. The van der Waals surface area contributed by atoms with E-state index in [1.165, 1.54) is 4.57 Å². The van der Waals surface area contributed by atoms with Crippen LogP contribution < -0.4 is 5.32 Å². The Balaban J connectivity index is 1.42. The molecule has 0 bridgehead atoms. The molecule has 0 radical (unpaired) electrons. The molecule has 0 saturated carbocycles. The predicted molar refractivity (Wildman–Crippen MR) is 122 cm³/mol. The minimum Gasteiger partial charge on any atom is -0.444 e. The number of piperazine rings is 1. The molecule has 164 valence electrons. The number of carbonyl (C=O) groups is 3. The standard InChI is InChI=1S/C24H22BrN3O4/c25-17-8-9-18-16(11-19-23(30)27-10-4-7-20(27)22(29)26-19)13-28(21(18)12-17)24(31)32-14-15-5-2-1-3-6-15/h1-3,5-6,8-9,12-13,19-20H,4,7,10-11,14H2,(H,26,29)/t19-,20-/m0/s1. The van der Waals surface area contributed by atoms with Crippen LogP contribution in [0.25, 0.3) is 10.9 Å². The van der Waals surface area contributed by atoms with Crippen molar-refractivity contribution in [2.75, 3.05) is 6.54 Å². The molecule has 2 aliphatic heterocycles. The van der Waals surface area contributed by atoms with Crippen LogP contribution in [-0.4, -0.2) is 46.0 Å². The first kappa shape index (κ1) is 20.8. The van der Waals surface area contributed by atoms with E-state index in [1.807, 2.05) is 48.5 Å². The number of ether oxygens (including phenoxy) is 1. The largest absolute Gasteiger partial charge is 0.444 e. The van der Waals surface area contributed by atoms with E-state index in [0.29, 0.717) is 24.9 Å². The van der Waals surface area contributed by atoms with Crippen LogP contribution in [0.3, 0.4) is 0 Å². The lowest BCUT2D eigenvalue weighted by atomic mass is 10.0. The van der Waals surface area contributed by atoms with E-state index >= 15 is 0 Å². The molecule has 2 aliphatic rings. The number of carbonyl (C=O) groups excluding carboxylic acids is 3. The van der Waals surface area contributed by atoms with Gasteiger partial charge in [0.05, 0.1) is 5.52 Å². The molecular formula is C24H22BrN3O4. The molecule has 5 rings (SSSR count). The van der Waals surface area contributed by atoms with Crippen LogP contribution in [0, 0.1) is 0 Å². The second-order valence-electron chi connectivity index (χ2n) is 8.18. The van der Waals surface area contributed by atoms with Crippen LogP contribution in [0.4, 0.5) is 4.79 Å². The maximum atomic E-state index is 13.0. The molecule has 2 aromatic carbocycles. The minimum atomic E-state index is -0.639. The van der Waals surface area contributed by atoms with Gasteiger partial charge >= 0.3 is 6.09 Å². The summed E-state index contributed by atoms with van der Waals surface area (Å²) in [6, 6.07) is 14.1. The fourth-order valence-corrected chi connectivity index (χ4v) is 4.91. The summed E-state index contributed by atoms with van der Waals surface area (Å²) in [6.45, 7) is 0.782. The number of hydrogen-bond acceptors (Lipinski definition) is 4. The van der Waals surface area contributed by atoms with Crippen molar-refractivity contribution in [1.82, 2.24) is 14.8 Å². The summed E-state index contributed by atoms with van der Waals surface area (Å²) in [5, 5.41) is 3.73. The maximum Gasteiger partial charge on any atom is 0.418 e. The Hall–Kier alpha value is -3.13. The number of halogens is 1. The highest BCUT2D eigenvalue weighted by Crippen LogP contribution is 2.29. The van der Waals surface area contributed by atoms with Crippen molar-refractivity contribution in [3.05, 3.63) is 70.3 Å². The average Bonchev–Trinajstić information content (AvgIpc) is 3.42. The third-order valence-corrected chi connectivity index (χ3v) is 6.62. The quantitative estimate of drug-likeness (QED) is 0.599. The van der Waals surface area contributed by atoms with Crippen LogP contribution in [-0.2, 0) is 27.4 Å². The first-order chi connectivity index (χ1) is 15.5. The molecule has 32 heavy (non-hydrogen) atoms. The molecule has 2 atom stereocenters. The van der Waals surface area contributed by atoms with Crippen molar-refractivity contribution in [3.8, 4) is 0 Å². The second kappa shape index (κ2) is 8.43. The van der Waals surface area contributed by atoms with Gasteiger partial charge in [-0.25, -0.2) is 4.79 Å². The molecule has 3 aromatic rings. The molecule has 2 amide bonds. The number of amides is 2. The van der Waals surface area contributed by atoms with Gasteiger partial charge in [-0.15, -0.1) is 0 Å². The van der Waals surface area contributed by atoms with Crippen molar-refractivity contribution in [1.29, 1.82) is 0 Å². The monoisotopic (exact) mass is 495 g/mol. The normalized spacial score (nSPS) is 20.3.